The normalized spacial score (nSPS) is 13.9. The van der Waals surface area contributed by atoms with Crippen LogP contribution in [0.3, 0.4) is 0 Å². The van der Waals surface area contributed by atoms with Gasteiger partial charge >= 0.3 is 0 Å². The zero-order valence-corrected chi connectivity index (χ0v) is 11.6. The smallest absolute Gasteiger partial charge is 0.123 e. The standard InChI is InChI=1S/C17H20FNO/c1-2-19-12-16(20)17(13-7-4-3-5-8-13)14-9-6-10-15(18)11-14/h3-11,16-17,19-20H,2,12H2,1H3. The van der Waals surface area contributed by atoms with Crippen molar-refractivity contribution in [2.45, 2.75) is 18.9 Å². The summed E-state index contributed by atoms with van der Waals surface area (Å²) in [6, 6.07) is 16.2. The molecular weight excluding hydrogens is 253 g/mol. The summed E-state index contributed by atoms with van der Waals surface area (Å²) in [5.74, 6) is -0.509. The fraction of sp³-hybridized carbons (Fsp3) is 0.294. The number of benzene rings is 2. The summed E-state index contributed by atoms with van der Waals surface area (Å²) in [4.78, 5) is 0. The van der Waals surface area contributed by atoms with Crippen LogP contribution >= 0.6 is 0 Å². The summed E-state index contributed by atoms with van der Waals surface area (Å²) in [5, 5.41) is 13.6. The summed E-state index contributed by atoms with van der Waals surface area (Å²) in [7, 11) is 0. The lowest BCUT2D eigenvalue weighted by molar-refractivity contribution is 0.154. The van der Waals surface area contributed by atoms with Gasteiger partial charge in [0.2, 0.25) is 0 Å². The Morgan fingerprint density at radius 3 is 2.40 bits per heavy atom. The number of likely N-dealkylation sites (N-methyl/N-ethyl adjacent to an activating group) is 1. The van der Waals surface area contributed by atoms with Gasteiger partial charge in [-0.25, -0.2) is 4.39 Å². The molecule has 2 nitrogen and oxygen atoms in total. The first-order valence-electron chi connectivity index (χ1n) is 6.91. The molecule has 0 aliphatic rings. The van der Waals surface area contributed by atoms with Crippen LogP contribution in [0.5, 0.6) is 0 Å². The van der Waals surface area contributed by atoms with Crippen LogP contribution in [0, 0.1) is 5.82 Å². The minimum absolute atomic E-state index is 0.231. The second-order valence-corrected chi connectivity index (χ2v) is 4.82. The summed E-state index contributed by atoms with van der Waals surface area (Å²) in [6.07, 6.45) is -0.598. The zero-order chi connectivity index (χ0) is 14.4. The molecule has 0 heterocycles. The van der Waals surface area contributed by atoms with Crippen LogP contribution in [0.2, 0.25) is 0 Å². The Bertz CT molecular complexity index is 530. The molecule has 20 heavy (non-hydrogen) atoms. The highest BCUT2D eigenvalue weighted by Crippen LogP contribution is 2.28. The predicted octanol–water partition coefficient (Wildman–Crippen LogP) is 2.93. The number of rotatable bonds is 6. The molecule has 2 N–H and O–H groups in total. The van der Waals surface area contributed by atoms with Crippen molar-refractivity contribution in [1.82, 2.24) is 5.32 Å². The average molecular weight is 273 g/mol. The molecule has 2 aromatic rings. The quantitative estimate of drug-likeness (QED) is 0.848. The number of hydrogen-bond acceptors (Lipinski definition) is 2. The zero-order valence-electron chi connectivity index (χ0n) is 11.6. The second-order valence-electron chi connectivity index (χ2n) is 4.82. The molecule has 0 radical (unpaired) electrons. The molecular formula is C17H20FNO. The number of aliphatic hydroxyl groups is 1. The van der Waals surface area contributed by atoms with Crippen molar-refractivity contribution in [3.8, 4) is 0 Å². The molecule has 0 bridgehead atoms. The Hall–Kier alpha value is -1.71. The van der Waals surface area contributed by atoms with E-state index in [1.807, 2.05) is 43.3 Å². The third-order valence-corrected chi connectivity index (χ3v) is 3.35. The number of hydrogen-bond donors (Lipinski definition) is 2. The van der Waals surface area contributed by atoms with E-state index in [0.717, 1.165) is 17.7 Å². The van der Waals surface area contributed by atoms with Crippen LogP contribution in [0.1, 0.15) is 24.0 Å². The lowest BCUT2D eigenvalue weighted by atomic mass is 9.86. The Kier molecular flexibility index (Phi) is 5.27. The van der Waals surface area contributed by atoms with E-state index in [2.05, 4.69) is 5.32 Å². The van der Waals surface area contributed by atoms with Gasteiger partial charge in [0.15, 0.2) is 0 Å². The second kappa shape index (κ2) is 7.17. The van der Waals surface area contributed by atoms with E-state index >= 15 is 0 Å². The molecule has 2 atom stereocenters. The Labute approximate surface area is 119 Å². The Morgan fingerprint density at radius 2 is 1.75 bits per heavy atom. The Morgan fingerprint density at radius 1 is 1.05 bits per heavy atom. The lowest BCUT2D eigenvalue weighted by Gasteiger charge is -2.24. The molecule has 3 heteroatoms. The van der Waals surface area contributed by atoms with Crippen LogP contribution in [-0.4, -0.2) is 24.3 Å². The number of nitrogens with one attached hydrogen (secondary N) is 1. The van der Waals surface area contributed by atoms with E-state index < -0.39 is 6.10 Å². The monoisotopic (exact) mass is 273 g/mol. The maximum Gasteiger partial charge on any atom is 0.123 e. The molecule has 0 saturated carbocycles. The van der Waals surface area contributed by atoms with Crippen LogP contribution in [0.15, 0.2) is 54.6 Å². The topological polar surface area (TPSA) is 32.3 Å². The maximum atomic E-state index is 13.5. The van der Waals surface area contributed by atoms with Crippen molar-refractivity contribution in [1.29, 1.82) is 0 Å². The van der Waals surface area contributed by atoms with E-state index in [1.165, 1.54) is 12.1 Å². The lowest BCUT2D eigenvalue weighted by Crippen LogP contribution is -2.32. The van der Waals surface area contributed by atoms with E-state index in [0.29, 0.717) is 6.54 Å². The van der Waals surface area contributed by atoms with Crippen molar-refractivity contribution in [3.05, 3.63) is 71.5 Å². The molecule has 0 aromatic heterocycles. The first kappa shape index (κ1) is 14.7. The highest BCUT2D eigenvalue weighted by Gasteiger charge is 2.22. The van der Waals surface area contributed by atoms with Crippen LogP contribution in [0.4, 0.5) is 4.39 Å². The fourth-order valence-corrected chi connectivity index (χ4v) is 2.41. The van der Waals surface area contributed by atoms with Gasteiger partial charge in [0.1, 0.15) is 5.82 Å². The van der Waals surface area contributed by atoms with Gasteiger partial charge in [-0.3, -0.25) is 0 Å². The first-order valence-corrected chi connectivity index (χ1v) is 6.91. The van der Waals surface area contributed by atoms with Gasteiger partial charge in [-0.2, -0.15) is 0 Å². The van der Waals surface area contributed by atoms with Gasteiger partial charge in [0.25, 0.3) is 0 Å². The van der Waals surface area contributed by atoms with Crippen LogP contribution < -0.4 is 5.32 Å². The third kappa shape index (κ3) is 3.65. The molecule has 0 aliphatic heterocycles. The summed E-state index contributed by atoms with van der Waals surface area (Å²) >= 11 is 0. The molecule has 106 valence electrons. The fourth-order valence-electron chi connectivity index (χ4n) is 2.41. The summed E-state index contributed by atoms with van der Waals surface area (Å²) < 4.78 is 13.5. The number of aliphatic hydroxyl groups excluding tert-OH is 1. The molecule has 2 rings (SSSR count). The van der Waals surface area contributed by atoms with Crippen molar-refractivity contribution in [3.63, 3.8) is 0 Å². The van der Waals surface area contributed by atoms with Gasteiger partial charge in [-0.05, 0) is 29.8 Å². The van der Waals surface area contributed by atoms with Crippen molar-refractivity contribution in [2.75, 3.05) is 13.1 Å². The molecule has 0 spiro atoms. The summed E-state index contributed by atoms with van der Waals surface area (Å²) in [6.45, 7) is 3.26. The van der Waals surface area contributed by atoms with E-state index in [1.54, 1.807) is 6.07 Å². The molecule has 0 fully saturated rings. The molecule has 0 saturated heterocycles. The van der Waals surface area contributed by atoms with Gasteiger partial charge in [0.05, 0.1) is 6.10 Å². The summed E-state index contributed by atoms with van der Waals surface area (Å²) in [5.41, 5.74) is 1.78. The van der Waals surface area contributed by atoms with E-state index in [9.17, 15) is 9.50 Å². The maximum absolute atomic E-state index is 13.5. The van der Waals surface area contributed by atoms with Crippen molar-refractivity contribution in [2.24, 2.45) is 0 Å². The van der Waals surface area contributed by atoms with Crippen LogP contribution in [0.25, 0.3) is 0 Å². The Balaban J connectivity index is 2.34. The SMILES string of the molecule is CCNCC(O)C(c1ccccc1)c1cccc(F)c1. The molecule has 0 aliphatic carbocycles. The van der Waals surface area contributed by atoms with Gasteiger partial charge in [-0.15, -0.1) is 0 Å². The van der Waals surface area contributed by atoms with Gasteiger partial charge in [-0.1, -0.05) is 49.4 Å². The highest BCUT2D eigenvalue weighted by molar-refractivity contribution is 5.34. The van der Waals surface area contributed by atoms with E-state index in [-0.39, 0.29) is 11.7 Å². The largest absolute Gasteiger partial charge is 0.391 e. The van der Waals surface area contributed by atoms with E-state index in [4.69, 9.17) is 0 Å². The first-order chi connectivity index (χ1) is 9.72. The van der Waals surface area contributed by atoms with Crippen molar-refractivity contribution >= 4 is 0 Å². The van der Waals surface area contributed by atoms with Gasteiger partial charge in [0, 0.05) is 12.5 Å². The third-order valence-electron chi connectivity index (χ3n) is 3.35. The minimum Gasteiger partial charge on any atom is -0.391 e. The minimum atomic E-state index is -0.598. The molecule has 2 aromatic carbocycles. The highest BCUT2D eigenvalue weighted by atomic mass is 19.1. The van der Waals surface area contributed by atoms with Crippen molar-refractivity contribution < 1.29 is 9.50 Å². The molecule has 0 amide bonds. The average Bonchev–Trinajstić information content (AvgIpc) is 2.46. The predicted molar refractivity (Wildman–Crippen MR) is 79.2 cm³/mol. The van der Waals surface area contributed by atoms with Gasteiger partial charge < -0.3 is 10.4 Å². The number of halogens is 1. The molecule has 2 unspecified atom stereocenters. The van der Waals surface area contributed by atoms with Crippen LogP contribution in [-0.2, 0) is 0 Å².